The van der Waals surface area contributed by atoms with Crippen molar-refractivity contribution in [3.63, 3.8) is 0 Å². The van der Waals surface area contributed by atoms with E-state index in [-0.39, 0.29) is 17.3 Å². The number of esters is 1. The maximum Gasteiger partial charge on any atom is 0.313 e. The van der Waals surface area contributed by atoms with Gasteiger partial charge in [-0.3, -0.25) is 4.79 Å². The number of ether oxygens (including phenoxy) is 2. The van der Waals surface area contributed by atoms with Crippen LogP contribution in [0.5, 0.6) is 0 Å². The lowest BCUT2D eigenvalue weighted by Gasteiger charge is -2.44. The Morgan fingerprint density at radius 3 is 2.47 bits per heavy atom. The van der Waals surface area contributed by atoms with E-state index in [9.17, 15) is 4.79 Å². The first-order chi connectivity index (χ1) is 6.44. The van der Waals surface area contributed by atoms with Gasteiger partial charge in [0, 0.05) is 16.8 Å². The highest BCUT2D eigenvalue weighted by Crippen LogP contribution is 2.39. The van der Waals surface area contributed by atoms with Crippen LogP contribution in [0.25, 0.3) is 0 Å². The van der Waals surface area contributed by atoms with Crippen molar-refractivity contribution in [3.05, 3.63) is 0 Å². The van der Waals surface area contributed by atoms with E-state index in [1.54, 1.807) is 0 Å². The largest absolute Gasteiger partial charge is 0.469 e. The van der Waals surface area contributed by atoms with Crippen molar-refractivity contribution in [2.75, 3.05) is 13.7 Å². The lowest BCUT2D eigenvalue weighted by atomic mass is 9.81. The monoisotopic (exact) mass is 233 g/mol. The number of hydrogen-bond donors (Lipinski definition) is 1. The molecule has 1 aliphatic rings. The number of carbonyl (C=O) groups excluding carboxylic acids is 1. The van der Waals surface area contributed by atoms with Crippen LogP contribution in [0.3, 0.4) is 0 Å². The van der Waals surface area contributed by atoms with Crippen LogP contribution in [0.2, 0.25) is 0 Å². The highest BCUT2D eigenvalue weighted by molar-refractivity contribution is 6.17. The molecule has 0 aromatic rings. The molecule has 0 radical (unpaired) electrons. The van der Waals surface area contributed by atoms with Crippen LogP contribution in [-0.2, 0) is 14.3 Å². The van der Waals surface area contributed by atoms with E-state index in [1.165, 1.54) is 7.11 Å². The van der Waals surface area contributed by atoms with E-state index >= 15 is 0 Å². The summed E-state index contributed by atoms with van der Waals surface area (Å²) in [6, 6.07) is 0. The smallest absolute Gasteiger partial charge is 0.313 e. The maximum absolute atomic E-state index is 11.7. The highest BCUT2D eigenvalue weighted by atomic mass is 28.1. The molecule has 1 heterocycles. The zero-order valence-corrected chi connectivity index (χ0v) is 12.3. The van der Waals surface area contributed by atoms with E-state index in [0.29, 0.717) is 0 Å². The molecule has 15 heavy (non-hydrogen) atoms. The van der Waals surface area contributed by atoms with Crippen LogP contribution in [-0.4, -0.2) is 35.2 Å². The third-order valence-electron chi connectivity index (χ3n) is 3.49. The minimum atomic E-state index is -0.506. The summed E-state index contributed by atoms with van der Waals surface area (Å²) in [7, 11) is 2.31. The summed E-state index contributed by atoms with van der Waals surface area (Å²) in [6.45, 7) is 4.64. The lowest BCUT2D eigenvalue weighted by Crippen LogP contribution is -2.54. The van der Waals surface area contributed by atoms with Gasteiger partial charge < -0.3 is 15.6 Å². The number of methoxy groups -OCH3 is 1. The quantitative estimate of drug-likeness (QED) is 0.560. The predicted octanol–water partition coefficient (Wildman–Crippen LogP) is 0.610. The second kappa shape index (κ2) is 5.09. The second-order valence-corrected chi connectivity index (χ2v) is 6.27. The van der Waals surface area contributed by atoms with Crippen molar-refractivity contribution < 1.29 is 14.3 Å². The van der Waals surface area contributed by atoms with Crippen LogP contribution in [0.1, 0.15) is 33.1 Å². The Labute approximate surface area is 94.7 Å². The second-order valence-electron chi connectivity index (χ2n) is 4.65. The molecule has 0 spiro atoms. The van der Waals surface area contributed by atoms with Crippen LogP contribution in [0, 0.1) is 5.41 Å². The molecule has 1 atom stereocenters. The molecule has 0 aliphatic carbocycles. The van der Waals surface area contributed by atoms with E-state index < -0.39 is 5.41 Å². The van der Waals surface area contributed by atoms with E-state index in [4.69, 9.17) is 9.47 Å². The Hall–Kier alpha value is -0.393. The van der Waals surface area contributed by atoms with Gasteiger partial charge in [-0.05, 0) is 33.1 Å². The maximum atomic E-state index is 11.7. The summed E-state index contributed by atoms with van der Waals surface area (Å²) in [5, 5.41) is -0.238. The Morgan fingerprint density at radius 1 is 1.47 bits per heavy atom. The third-order valence-corrected chi connectivity index (χ3v) is 5.53. The van der Waals surface area contributed by atoms with Crippen LogP contribution in [0.4, 0.5) is 0 Å². The van der Waals surface area contributed by atoms with Gasteiger partial charge >= 0.3 is 5.97 Å². The number of hydrogen-bond acceptors (Lipinski definition) is 4. The van der Waals surface area contributed by atoms with Gasteiger partial charge in [0.2, 0.25) is 0 Å². The van der Waals surface area contributed by atoms with Crippen molar-refractivity contribution >= 4 is 16.2 Å². The van der Waals surface area contributed by atoms with E-state index in [2.05, 4.69) is 0 Å². The fraction of sp³-hybridized carbons (Fsp3) is 0.900. The molecule has 0 aromatic carbocycles. The Bertz CT molecular complexity index is 225. The standard InChI is InChI=1S/C10H20O3Si.H3N/c1-9(2,8(11)12-3)10(14)6-4-5-7-13-10;/h4-7H2,1-3,14H3;1H3. The molecule has 1 rings (SSSR count). The van der Waals surface area contributed by atoms with Gasteiger partial charge in [0.1, 0.15) is 0 Å². The van der Waals surface area contributed by atoms with Gasteiger partial charge in [-0.25, -0.2) is 0 Å². The molecule has 1 unspecified atom stereocenters. The molecule has 3 N–H and O–H groups in total. The normalized spacial score (nSPS) is 26.9. The van der Waals surface area contributed by atoms with Crippen LogP contribution in [0.15, 0.2) is 0 Å². The Kier molecular flexibility index (Phi) is 4.96. The average molecular weight is 233 g/mol. The van der Waals surface area contributed by atoms with Gasteiger partial charge in [0.15, 0.2) is 0 Å². The SMILES string of the molecule is COC(=O)C(C)(C)C1([SiH3])CCCCO1.N. The minimum Gasteiger partial charge on any atom is -0.469 e. The Morgan fingerprint density at radius 2 is 2.07 bits per heavy atom. The van der Waals surface area contributed by atoms with Gasteiger partial charge in [-0.15, -0.1) is 0 Å². The first-order valence-electron chi connectivity index (χ1n) is 5.16. The van der Waals surface area contributed by atoms with E-state index in [0.717, 1.165) is 36.1 Å². The van der Waals surface area contributed by atoms with Gasteiger partial charge in [-0.1, -0.05) is 0 Å². The minimum absolute atomic E-state index is 0. The molecule has 1 fully saturated rings. The number of rotatable bonds is 2. The molecule has 1 aliphatic heterocycles. The third kappa shape index (κ3) is 2.59. The molecule has 0 saturated carbocycles. The highest BCUT2D eigenvalue weighted by Gasteiger charge is 2.48. The average Bonchev–Trinajstić information content (AvgIpc) is 2.17. The summed E-state index contributed by atoms with van der Waals surface area (Å²) in [5.41, 5.74) is -0.506. The molecule has 5 heteroatoms. The molecule has 0 aromatic heterocycles. The first kappa shape index (κ1) is 14.6. The first-order valence-corrected chi connectivity index (χ1v) is 6.16. The fourth-order valence-corrected chi connectivity index (χ4v) is 2.66. The Balaban J connectivity index is 0.00000196. The van der Waals surface area contributed by atoms with Gasteiger partial charge in [0.25, 0.3) is 0 Å². The lowest BCUT2D eigenvalue weighted by molar-refractivity contribution is -0.168. The topological polar surface area (TPSA) is 70.5 Å². The van der Waals surface area contributed by atoms with Crippen molar-refractivity contribution in [2.24, 2.45) is 5.41 Å². The molecular formula is C10H23NO3Si. The summed E-state index contributed by atoms with van der Waals surface area (Å²) in [4.78, 5) is 11.7. The van der Waals surface area contributed by atoms with E-state index in [1.807, 2.05) is 13.8 Å². The molecule has 4 nitrogen and oxygen atoms in total. The molecular weight excluding hydrogens is 210 g/mol. The summed E-state index contributed by atoms with van der Waals surface area (Å²) >= 11 is 0. The van der Waals surface area contributed by atoms with Crippen molar-refractivity contribution in [1.29, 1.82) is 0 Å². The fourth-order valence-electron chi connectivity index (χ4n) is 1.90. The van der Waals surface area contributed by atoms with Gasteiger partial charge in [-0.2, -0.15) is 0 Å². The molecule has 0 bridgehead atoms. The summed E-state index contributed by atoms with van der Waals surface area (Å²) in [5.74, 6) is -0.158. The van der Waals surface area contributed by atoms with Crippen molar-refractivity contribution in [1.82, 2.24) is 6.15 Å². The molecule has 90 valence electrons. The van der Waals surface area contributed by atoms with Crippen molar-refractivity contribution in [2.45, 2.75) is 38.3 Å². The van der Waals surface area contributed by atoms with Crippen LogP contribution < -0.4 is 6.15 Å². The zero-order chi connectivity index (χ0) is 10.8. The summed E-state index contributed by atoms with van der Waals surface area (Å²) < 4.78 is 10.7. The van der Waals surface area contributed by atoms with Crippen LogP contribution >= 0.6 is 0 Å². The number of carbonyl (C=O) groups is 1. The van der Waals surface area contributed by atoms with Crippen molar-refractivity contribution in [3.8, 4) is 0 Å². The molecule has 0 amide bonds. The van der Waals surface area contributed by atoms with Gasteiger partial charge in [0.05, 0.1) is 17.7 Å². The molecule has 1 saturated heterocycles. The summed E-state index contributed by atoms with van der Waals surface area (Å²) in [6.07, 6.45) is 3.26. The zero-order valence-electron chi connectivity index (χ0n) is 10.3. The predicted molar refractivity (Wildman–Crippen MR) is 63.3 cm³/mol.